The predicted molar refractivity (Wildman–Crippen MR) is 87.9 cm³/mol. The molecule has 1 N–H and O–H groups in total. The summed E-state index contributed by atoms with van der Waals surface area (Å²) < 4.78 is 0. The Morgan fingerprint density at radius 2 is 1.76 bits per heavy atom. The maximum absolute atomic E-state index is 4.31. The second-order valence-corrected chi connectivity index (χ2v) is 5.14. The van der Waals surface area contributed by atoms with Gasteiger partial charge in [-0.3, -0.25) is 0 Å². The van der Waals surface area contributed by atoms with Crippen LogP contribution in [0, 0.1) is 0 Å². The van der Waals surface area contributed by atoms with E-state index in [1.807, 2.05) is 19.2 Å². The Morgan fingerprint density at radius 1 is 1.00 bits per heavy atom. The van der Waals surface area contributed by atoms with Gasteiger partial charge in [-0.2, -0.15) is 5.10 Å². The number of hydrogen-bond donors (Lipinski definition) is 1. The molecule has 1 aromatic heterocycles. The summed E-state index contributed by atoms with van der Waals surface area (Å²) in [5, 5.41) is 11.9. The monoisotopic (exact) mass is 284 g/mol. The lowest BCUT2D eigenvalue weighted by molar-refractivity contribution is 0.656. The second kappa shape index (κ2) is 7.74. The SMILES string of the molecule is CCCNCc1ccc(N(C)c2ccc(CC)cc2)nn1. The standard InChI is InChI=1S/C17H24N4/c1-4-12-18-13-15-8-11-17(20-19-15)21(3)16-9-6-14(5-2)7-10-16/h6-11,18H,4-5,12-13H2,1-3H3. The van der Waals surface area contributed by atoms with Crippen molar-refractivity contribution in [1.29, 1.82) is 0 Å². The number of hydrogen-bond acceptors (Lipinski definition) is 4. The molecule has 0 fully saturated rings. The Morgan fingerprint density at radius 3 is 2.33 bits per heavy atom. The zero-order valence-corrected chi connectivity index (χ0v) is 13.1. The molecule has 0 saturated heterocycles. The van der Waals surface area contributed by atoms with Gasteiger partial charge >= 0.3 is 0 Å². The zero-order valence-electron chi connectivity index (χ0n) is 13.1. The summed E-state index contributed by atoms with van der Waals surface area (Å²) in [6, 6.07) is 12.6. The minimum atomic E-state index is 0.774. The summed E-state index contributed by atoms with van der Waals surface area (Å²) in [5.41, 5.74) is 3.44. The van der Waals surface area contributed by atoms with Crippen molar-refractivity contribution in [1.82, 2.24) is 15.5 Å². The van der Waals surface area contributed by atoms with Crippen LogP contribution in [-0.4, -0.2) is 23.8 Å². The van der Waals surface area contributed by atoms with Crippen molar-refractivity contribution in [2.24, 2.45) is 0 Å². The molecule has 0 unspecified atom stereocenters. The fraction of sp³-hybridized carbons (Fsp3) is 0.412. The normalized spacial score (nSPS) is 10.6. The van der Waals surface area contributed by atoms with Crippen LogP contribution in [0.15, 0.2) is 36.4 Å². The highest BCUT2D eigenvalue weighted by atomic mass is 15.2. The Hall–Kier alpha value is -1.94. The molecule has 112 valence electrons. The van der Waals surface area contributed by atoms with Gasteiger partial charge in [0.25, 0.3) is 0 Å². The number of anilines is 2. The molecule has 0 aliphatic carbocycles. The molecule has 0 radical (unpaired) electrons. The molecule has 1 aromatic carbocycles. The third kappa shape index (κ3) is 4.26. The van der Waals surface area contributed by atoms with E-state index in [-0.39, 0.29) is 0 Å². The van der Waals surface area contributed by atoms with Gasteiger partial charge in [0.1, 0.15) is 0 Å². The van der Waals surface area contributed by atoms with Crippen molar-refractivity contribution in [3.05, 3.63) is 47.7 Å². The van der Waals surface area contributed by atoms with Gasteiger partial charge in [0, 0.05) is 19.3 Å². The number of rotatable bonds is 7. The highest BCUT2D eigenvalue weighted by Crippen LogP contribution is 2.21. The lowest BCUT2D eigenvalue weighted by Crippen LogP contribution is -2.16. The lowest BCUT2D eigenvalue weighted by Gasteiger charge is -2.18. The van der Waals surface area contributed by atoms with Crippen molar-refractivity contribution < 1.29 is 0 Å². The van der Waals surface area contributed by atoms with E-state index in [1.54, 1.807) is 0 Å². The van der Waals surface area contributed by atoms with Gasteiger partial charge in [-0.05, 0) is 49.2 Å². The minimum absolute atomic E-state index is 0.774. The number of aryl methyl sites for hydroxylation is 1. The van der Waals surface area contributed by atoms with Crippen LogP contribution >= 0.6 is 0 Å². The first-order valence-corrected chi connectivity index (χ1v) is 7.60. The van der Waals surface area contributed by atoms with Gasteiger partial charge < -0.3 is 10.2 Å². The van der Waals surface area contributed by atoms with Crippen LogP contribution in [0.4, 0.5) is 11.5 Å². The summed E-state index contributed by atoms with van der Waals surface area (Å²) in [6.07, 6.45) is 2.19. The maximum atomic E-state index is 4.31. The van der Waals surface area contributed by atoms with Crippen LogP contribution in [0.1, 0.15) is 31.5 Å². The lowest BCUT2D eigenvalue weighted by atomic mass is 10.1. The molecule has 4 nitrogen and oxygen atoms in total. The Labute approximate surface area is 127 Å². The van der Waals surface area contributed by atoms with Gasteiger partial charge in [-0.25, -0.2) is 0 Å². The number of benzene rings is 1. The van der Waals surface area contributed by atoms with Crippen molar-refractivity contribution in [2.45, 2.75) is 33.2 Å². The van der Waals surface area contributed by atoms with Crippen molar-refractivity contribution in [3.63, 3.8) is 0 Å². The fourth-order valence-corrected chi connectivity index (χ4v) is 2.11. The molecule has 2 rings (SSSR count). The topological polar surface area (TPSA) is 41.0 Å². The highest BCUT2D eigenvalue weighted by molar-refractivity contribution is 5.58. The van der Waals surface area contributed by atoms with Gasteiger partial charge in [0.05, 0.1) is 5.69 Å². The Balaban J connectivity index is 2.02. The smallest absolute Gasteiger partial charge is 0.155 e. The number of nitrogens with zero attached hydrogens (tertiary/aromatic N) is 3. The van der Waals surface area contributed by atoms with Gasteiger partial charge in [0.2, 0.25) is 0 Å². The minimum Gasteiger partial charge on any atom is -0.328 e. The molecule has 0 spiro atoms. The fourth-order valence-electron chi connectivity index (χ4n) is 2.11. The van der Waals surface area contributed by atoms with Crippen molar-refractivity contribution >= 4 is 11.5 Å². The van der Waals surface area contributed by atoms with E-state index in [1.165, 1.54) is 5.56 Å². The van der Waals surface area contributed by atoms with Crippen LogP contribution in [0.3, 0.4) is 0 Å². The Kier molecular flexibility index (Phi) is 5.69. The summed E-state index contributed by atoms with van der Waals surface area (Å²) in [6.45, 7) is 6.10. The molecular formula is C17H24N4. The second-order valence-electron chi connectivity index (χ2n) is 5.14. The molecule has 0 aliphatic rings. The molecular weight excluding hydrogens is 260 g/mol. The molecule has 0 aliphatic heterocycles. The first kappa shape index (κ1) is 15.4. The summed E-state index contributed by atoms with van der Waals surface area (Å²) in [4.78, 5) is 2.05. The average Bonchev–Trinajstić information content (AvgIpc) is 2.55. The van der Waals surface area contributed by atoms with E-state index >= 15 is 0 Å². The first-order chi connectivity index (χ1) is 10.2. The van der Waals surface area contributed by atoms with Crippen LogP contribution < -0.4 is 10.2 Å². The van der Waals surface area contributed by atoms with Crippen LogP contribution in [0.5, 0.6) is 0 Å². The number of nitrogens with one attached hydrogen (secondary N) is 1. The predicted octanol–water partition coefficient (Wildman–Crippen LogP) is 3.31. The summed E-state index contributed by atoms with van der Waals surface area (Å²) in [5.74, 6) is 0.860. The van der Waals surface area contributed by atoms with E-state index in [0.29, 0.717) is 0 Å². The van der Waals surface area contributed by atoms with E-state index in [9.17, 15) is 0 Å². The van der Waals surface area contributed by atoms with Crippen molar-refractivity contribution in [3.8, 4) is 0 Å². The summed E-state index contributed by atoms with van der Waals surface area (Å²) in [7, 11) is 2.01. The average molecular weight is 284 g/mol. The molecule has 21 heavy (non-hydrogen) atoms. The maximum Gasteiger partial charge on any atom is 0.155 e. The molecule has 0 bridgehead atoms. The van der Waals surface area contributed by atoms with E-state index in [2.05, 4.69) is 58.5 Å². The summed E-state index contributed by atoms with van der Waals surface area (Å²) >= 11 is 0. The third-order valence-corrected chi connectivity index (χ3v) is 3.51. The quantitative estimate of drug-likeness (QED) is 0.792. The molecule has 4 heteroatoms. The molecule has 0 saturated carbocycles. The number of aromatic nitrogens is 2. The van der Waals surface area contributed by atoms with E-state index in [4.69, 9.17) is 0 Å². The highest BCUT2D eigenvalue weighted by Gasteiger charge is 2.06. The molecule has 2 aromatic rings. The zero-order chi connectivity index (χ0) is 15.1. The molecule has 0 amide bonds. The van der Waals surface area contributed by atoms with Gasteiger partial charge in [0.15, 0.2) is 5.82 Å². The van der Waals surface area contributed by atoms with Crippen LogP contribution in [0.25, 0.3) is 0 Å². The van der Waals surface area contributed by atoms with Gasteiger partial charge in [-0.1, -0.05) is 26.0 Å². The van der Waals surface area contributed by atoms with Gasteiger partial charge in [-0.15, -0.1) is 5.10 Å². The molecule has 0 atom stereocenters. The van der Waals surface area contributed by atoms with Crippen LogP contribution in [-0.2, 0) is 13.0 Å². The van der Waals surface area contributed by atoms with Crippen LogP contribution in [0.2, 0.25) is 0 Å². The largest absolute Gasteiger partial charge is 0.328 e. The van der Waals surface area contributed by atoms with E-state index in [0.717, 1.165) is 43.1 Å². The molecule has 1 heterocycles. The Bertz CT molecular complexity index is 534. The van der Waals surface area contributed by atoms with Crippen molar-refractivity contribution in [2.75, 3.05) is 18.5 Å². The first-order valence-electron chi connectivity index (χ1n) is 7.60. The third-order valence-electron chi connectivity index (χ3n) is 3.51. The van der Waals surface area contributed by atoms with E-state index < -0.39 is 0 Å².